The molecule has 2 aromatic rings. The lowest BCUT2D eigenvalue weighted by atomic mass is 10.1. The number of benzene rings is 2. The fraction of sp³-hybridized carbons (Fsp3) is 0.235. The average molecular weight is 402 g/mol. The first-order chi connectivity index (χ1) is 11.2. The normalized spacial score (nSPS) is 11.2. The molecule has 1 amide bonds. The molecule has 7 heteroatoms. The molecule has 3 nitrogen and oxygen atoms in total. The molecule has 2 aromatic carbocycles. The molecule has 128 valence electrons. The van der Waals surface area contributed by atoms with Gasteiger partial charge in [0.05, 0.1) is 5.56 Å². The minimum Gasteiger partial charge on any atom is -0.484 e. The van der Waals surface area contributed by atoms with Gasteiger partial charge in [0.25, 0.3) is 5.91 Å². The second kappa shape index (κ2) is 7.25. The smallest absolute Gasteiger partial charge is 0.416 e. The Labute approximate surface area is 146 Å². The van der Waals surface area contributed by atoms with Crippen molar-refractivity contribution in [1.82, 2.24) is 0 Å². The van der Waals surface area contributed by atoms with Crippen LogP contribution in [0.25, 0.3) is 0 Å². The standard InChI is InChI=1S/C17H15BrF3NO2/c1-10-6-14(7-11(2)16(10)18)24-9-15(23)22-13-5-3-4-12(8-13)17(19,20)21/h3-8H,9H2,1-2H3,(H,22,23). The van der Waals surface area contributed by atoms with Crippen LogP contribution < -0.4 is 10.1 Å². The summed E-state index contributed by atoms with van der Waals surface area (Å²) in [6.45, 7) is 3.50. The van der Waals surface area contributed by atoms with Crippen molar-refractivity contribution in [1.29, 1.82) is 0 Å². The van der Waals surface area contributed by atoms with Crippen LogP contribution in [0.2, 0.25) is 0 Å². The Balaban J connectivity index is 1.99. The van der Waals surface area contributed by atoms with Gasteiger partial charge >= 0.3 is 6.18 Å². The number of alkyl halides is 3. The third-order valence-corrected chi connectivity index (χ3v) is 4.50. The number of anilines is 1. The lowest BCUT2D eigenvalue weighted by Crippen LogP contribution is -2.20. The summed E-state index contributed by atoms with van der Waals surface area (Å²) < 4.78 is 44.3. The van der Waals surface area contributed by atoms with Crippen LogP contribution in [0.1, 0.15) is 16.7 Å². The Hall–Kier alpha value is -2.02. The molecule has 0 unspecified atom stereocenters. The number of ether oxygens (including phenoxy) is 1. The van der Waals surface area contributed by atoms with Gasteiger partial charge in [-0.05, 0) is 55.3 Å². The van der Waals surface area contributed by atoms with Gasteiger partial charge in [0.1, 0.15) is 5.75 Å². The summed E-state index contributed by atoms with van der Waals surface area (Å²) in [5, 5.41) is 2.39. The predicted molar refractivity (Wildman–Crippen MR) is 89.2 cm³/mol. The van der Waals surface area contributed by atoms with E-state index >= 15 is 0 Å². The molecule has 0 atom stereocenters. The molecule has 0 aliphatic rings. The summed E-state index contributed by atoms with van der Waals surface area (Å²) in [6, 6.07) is 8.00. The molecule has 0 radical (unpaired) electrons. The fourth-order valence-corrected chi connectivity index (χ4v) is 2.34. The van der Waals surface area contributed by atoms with Crippen molar-refractivity contribution in [3.05, 3.63) is 57.6 Å². The van der Waals surface area contributed by atoms with Crippen LogP contribution >= 0.6 is 15.9 Å². The molecule has 0 aliphatic heterocycles. The third-order valence-electron chi connectivity index (χ3n) is 3.25. The van der Waals surface area contributed by atoms with Gasteiger partial charge in [-0.25, -0.2) is 0 Å². The van der Waals surface area contributed by atoms with Crippen molar-refractivity contribution in [2.24, 2.45) is 0 Å². The Kier molecular flexibility index (Phi) is 5.54. The average Bonchev–Trinajstić information content (AvgIpc) is 2.50. The highest BCUT2D eigenvalue weighted by molar-refractivity contribution is 9.10. The highest BCUT2D eigenvalue weighted by Gasteiger charge is 2.30. The number of amides is 1. The summed E-state index contributed by atoms with van der Waals surface area (Å²) in [5.41, 5.74) is 1.17. The molecular formula is C17H15BrF3NO2. The van der Waals surface area contributed by atoms with Gasteiger partial charge in [-0.1, -0.05) is 22.0 Å². The molecular weight excluding hydrogens is 387 g/mol. The van der Waals surface area contributed by atoms with Crippen LogP contribution in [0.3, 0.4) is 0 Å². The van der Waals surface area contributed by atoms with Crippen molar-refractivity contribution >= 4 is 27.5 Å². The second-order valence-electron chi connectivity index (χ2n) is 5.29. The number of hydrogen-bond donors (Lipinski definition) is 1. The van der Waals surface area contributed by atoms with E-state index < -0.39 is 17.6 Å². The maximum absolute atomic E-state index is 12.6. The van der Waals surface area contributed by atoms with Crippen molar-refractivity contribution in [3.63, 3.8) is 0 Å². The molecule has 0 spiro atoms. The van der Waals surface area contributed by atoms with E-state index in [2.05, 4.69) is 21.2 Å². The molecule has 2 rings (SSSR count). The van der Waals surface area contributed by atoms with E-state index in [1.54, 1.807) is 12.1 Å². The fourth-order valence-electron chi connectivity index (χ4n) is 2.11. The lowest BCUT2D eigenvalue weighted by Gasteiger charge is -2.12. The first-order valence-electron chi connectivity index (χ1n) is 7.03. The highest BCUT2D eigenvalue weighted by atomic mass is 79.9. The van der Waals surface area contributed by atoms with Crippen molar-refractivity contribution in [2.45, 2.75) is 20.0 Å². The van der Waals surface area contributed by atoms with Gasteiger partial charge in [-0.3, -0.25) is 4.79 Å². The van der Waals surface area contributed by atoms with E-state index in [-0.39, 0.29) is 12.3 Å². The van der Waals surface area contributed by atoms with Crippen LogP contribution in [0.5, 0.6) is 5.75 Å². The van der Waals surface area contributed by atoms with Gasteiger partial charge < -0.3 is 10.1 Å². The molecule has 0 saturated carbocycles. The first kappa shape index (κ1) is 18.3. The van der Waals surface area contributed by atoms with Crippen LogP contribution in [-0.4, -0.2) is 12.5 Å². The molecule has 0 saturated heterocycles. The maximum Gasteiger partial charge on any atom is 0.416 e. The topological polar surface area (TPSA) is 38.3 Å². The van der Waals surface area contributed by atoms with Gasteiger partial charge in [-0.2, -0.15) is 13.2 Å². The summed E-state index contributed by atoms with van der Waals surface area (Å²) >= 11 is 3.43. The molecule has 24 heavy (non-hydrogen) atoms. The molecule has 0 fully saturated rings. The SMILES string of the molecule is Cc1cc(OCC(=O)Nc2cccc(C(F)(F)F)c2)cc(C)c1Br. The van der Waals surface area contributed by atoms with Gasteiger partial charge in [0.15, 0.2) is 6.61 Å². The van der Waals surface area contributed by atoms with Gasteiger partial charge in [0, 0.05) is 10.2 Å². The minimum atomic E-state index is -4.45. The van der Waals surface area contributed by atoms with Gasteiger partial charge in [0.2, 0.25) is 0 Å². The van der Waals surface area contributed by atoms with Gasteiger partial charge in [-0.15, -0.1) is 0 Å². The Bertz CT molecular complexity index is 737. The van der Waals surface area contributed by atoms with Crippen molar-refractivity contribution in [2.75, 3.05) is 11.9 Å². The van der Waals surface area contributed by atoms with E-state index in [0.29, 0.717) is 5.75 Å². The van der Waals surface area contributed by atoms with Crippen molar-refractivity contribution < 1.29 is 22.7 Å². The van der Waals surface area contributed by atoms with Crippen LogP contribution in [0.4, 0.5) is 18.9 Å². The largest absolute Gasteiger partial charge is 0.484 e. The number of nitrogens with one attached hydrogen (secondary N) is 1. The quantitative estimate of drug-likeness (QED) is 0.773. The number of rotatable bonds is 4. The van der Waals surface area contributed by atoms with Crippen LogP contribution in [0.15, 0.2) is 40.9 Å². The Morgan fingerprint density at radius 3 is 2.38 bits per heavy atom. The van der Waals surface area contributed by atoms with E-state index in [0.717, 1.165) is 27.7 Å². The number of halogens is 4. The summed E-state index contributed by atoms with van der Waals surface area (Å²) in [5.74, 6) is -0.0139. The van der Waals surface area contributed by atoms with E-state index in [4.69, 9.17) is 4.74 Å². The summed E-state index contributed by atoms with van der Waals surface area (Å²) in [6.07, 6.45) is -4.45. The lowest BCUT2D eigenvalue weighted by molar-refractivity contribution is -0.137. The number of carbonyl (C=O) groups excluding carboxylic acids is 1. The maximum atomic E-state index is 12.6. The zero-order valence-corrected chi connectivity index (χ0v) is 14.6. The molecule has 0 heterocycles. The monoisotopic (exact) mass is 401 g/mol. The molecule has 0 aromatic heterocycles. The van der Waals surface area contributed by atoms with E-state index in [1.165, 1.54) is 12.1 Å². The van der Waals surface area contributed by atoms with Crippen molar-refractivity contribution in [3.8, 4) is 5.75 Å². The first-order valence-corrected chi connectivity index (χ1v) is 7.83. The minimum absolute atomic E-state index is 0.0709. The molecule has 0 aliphatic carbocycles. The van der Waals surface area contributed by atoms with Crippen LogP contribution in [0, 0.1) is 13.8 Å². The van der Waals surface area contributed by atoms with E-state index in [9.17, 15) is 18.0 Å². The second-order valence-corrected chi connectivity index (χ2v) is 6.08. The molecule has 1 N–H and O–H groups in total. The van der Waals surface area contributed by atoms with E-state index in [1.807, 2.05) is 13.8 Å². The highest BCUT2D eigenvalue weighted by Crippen LogP contribution is 2.30. The number of hydrogen-bond acceptors (Lipinski definition) is 2. The predicted octanol–water partition coefficient (Wildman–Crippen LogP) is 5.10. The summed E-state index contributed by atoms with van der Waals surface area (Å²) in [4.78, 5) is 11.9. The zero-order chi connectivity index (χ0) is 17.9. The number of carbonyl (C=O) groups is 1. The Morgan fingerprint density at radius 2 is 1.79 bits per heavy atom. The number of aryl methyl sites for hydroxylation is 2. The molecule has 0 bridgehead atoms. The van der Waals surface area contributed by atoms with Crippen LogP contribution in [-0.2, 0) is 11.0 Å². The zero-order valence-electron chi connectivity index (χ0n) is 13.0. The summed E-state index contributed by atoms with van der Waals surface area (Å²) in [7, 11) is 0. The Morgan fingerprint density at radius 1 is 1.17 bits per heavy atom. The third kappa shape index (κ3) is 4.74.